The number of phenols is 1. The number of hydrogen-bond donors (Lipinski definition) is 19. The molecule has 37 nitrogen and oxygen atoms in total. The summed E-state index contributed by atoms with van der Waals surface area (Å²) in [5.41, 5.74) is 0.758. The van der Waals surface area contributed by atoms with E-state index in [1.54, 1.807) is 19.1 Å². The zero-order valence-corrected chi connectivity index (χ0v) is 50.2. The molecule has 6 heterocycles. The van der Waals surface area contributed by atoms with Crippen molar-refractivity contribution in [2.45, 2.75) is 225 Å². The Bertz CT molecular complexity index is 2550. The number of carboxylic acid groups (broad SMARTS) is 2. The van der Waals surface area contributed by atoms with Gasteiger partial charge in [-0.2, -0.15) is 0 Å². The Morgan fingerprint density at radius 2 is 0.780 bits per heavy atom. The van der Waals surface area contributed by atoms with Gasteiger partial charge in [0, 0.05) is 41.5 Å². The molecule has 4 amide bonds. The van der Waals surface area contributed by atoms with Gasteiger partial charge in [0.05, 0.1) is 44.1 Å². The van der Waals surface area contributed by atoms with Crippen molar-refractivity contribution in [1.82, 2.24) is 21.3 Å². The molecule has 0 aromatic heterocycles. The fourth-order valence-corrected chi connectivity index (χ4v) is 11.3. The highest BCUT2D eigenvalue weighted by atomic mass is 16.8. The predicted molar refractivity (Wildman–Crippen MR) is 293 cm³/mol. The highest BCUT2D eigenvalue weighted by molar-refractivity contribution is 5.82. The lowest BCUT2D eigenvalue weighted by Gasteiger charge is -2.50. The van der Waals surface area contributed by atoms with E-state index in [1.807, 2.05) is 0 Å². The number of carbonyl (C=O) groups excluding carboxylic acids is 4. The second-order valence-corrected chi connectivity index (χ2v) is 22.4. The molecule has 6 aliphatic rings. The summed E-state index contributed by atoms with van der Waals surface area (Å²) in [6.07, 6.45) is -44.4. The molecule has 0 saturated carbocycles. The number of benzene rings is 1. The van der Waals surface area contributed by atoms with Gasteiger partial charge in [-0.1, -0.05) is 12.1 Å². The van der Waals surface area contributed by atoms with Crippen molar-refractivity contribution >= 4 is 35.6 Å². The third-order valence-corrected chi connectivity index (χ3v) is 16.0. The average Bonchev–Trinajstić information content (AvgIpc) is 0.823. The van der Waals surface area contributed by atoms with Gasteiger partial charge in [-0.3, -0.25) is 19.2 Å². The number of amides is 4. The molecule has 6 aliphatic heterocycles. The van der Waals surface area contributed by atoms with Gasteiger partial charge in [0.1, 0.15) is 122 Å². The molecule has 0 bridgehead atoms. The van der Waals surface area contributed by atoms with Crippen molar-refractivity contribution < 1.29 is 162 Å². The van der Waals surface area contributed by atoms with Gasteiger partial charge < -0.3 is 155 Å². The topological polar surface area (TPSA) is 565 Å². The van der Waals surface area contributed by atoms with Gasteiger partial charge in [0.15, 0.2) is 43.5 Å². The maximum absolute atomic E-state index is 13.4. The fourth-order valence-electron chi connectivity index (χ4n) is 11.3. The van der Waals surface area contributed by atoms with Crippen LogP contribution in [0.2, 0.25) is 0 Å². The Labute approximate surface area is 518 Å². The number of methoxy groups -OCH3 is 2. The molecule has 6 saturated heterocycles. The molecule has 0 spiro atoms. The molecule has 1 aromatic carbocycles. The van der Waals surface area contributed by atoms with E-state index in [0.717, 1.165) is 33.6 Å². The zero-order valence-electron chi connectivity index (χ0n) is 50.2. The molecule has 19 N–H and O–H groups in total. The second-order valence-electron chi connectivity index (χ2n) is 22.4. The van der Waals surface area contributed by atoms with Crippen LogP contribution in [0.15, 0.2) is 24.3 Å². The molecular formula is C54H84N4O33. The summed E-state index contributed by atoms with van der Waals surface area (Å²) < 4.78 is 66.8. The number of aliphatic carboxylic acids is 2. The van der Waals surface area contributed by atoms with Crippen LogP contribution in [-0.4, -0.2) is 336 Å². The van der Waals surface area contributed by atoms with E-state index < -0.39 is 239 Å². The predicted octanol–water partition coefficient (Wildman–Crippen LogP) is -10.0. The summed E-state index contributed by atoms with van der Waals surface area (Å²) >= 11 is 0. The van der Waals surface area contributed by atoms with Crippen molar-refractivity contribution in [3.63, 3.8) is 0 Å². The minimum absolute atomic E-state index is 0.0440. The Hall–Kier alpha value is -5.12. The smallest absolute Gasteiger partial charge is 0.335 e. The molecule has 37 heteroatoms. The summed E-state index contributed by atoms with van der Waals surface area (Å²) in [5.74, 6) is -5.86. The van der Waals surface area contributed by atoms with E-state index in [2.05, 4.69) is 21.3 Å². The largest absolute Gasteiger partial charge is 0.508 e. The average molecular weight is 1320 g/mol. The van der Waals surface area contributed by atoms with Crippen LogP contribution in [0.5, 0.6) is 5.75 Å². The lowest BCUT2D eigenvalue weighted by atomic mass is 9.92. The number of aromatic hydroxyl groups is 1. The van der Waals surface area contributed by atoms with Crippen molar-refractivity contribution in [3.8, 4) is 5.75 Å². The summed E-state index contributed by atoms with van der Waals surface area (Å²) in [5, 5.41) is 167. The number of hydrogen-bond acceptors (Lipinski definition) is 31. The number of phenolic OH excluding ortho intramolecular Hbond substituents is 1. The fraction of sp³-hybridized carbons (Fsp3) is 0.778. The first-order valence-electron chi connectivity index (χ1n) is 28.8. The maximum Gasteiger partial charge on any atom is 0.335 e. The molecule has 30 atom stereocenters. The summed E-state index contributed by atoms with van der Waals surface area (Å²) in [6.45, 7) is 4.35. The van der Waals surface area contributed by atoms with E-state index in [9.17, 15) is 105 Å². The van der Waals surface area contributed by atoms with Crippen LogP contribution in [0.3, 0.4) is 0 Å². The third kappa shape index (κ3) is 17.8. The van der Waals surface area contributed by atoms with Gasteiger partial charge >= 0.3 is 11.9 Å². The van der Waals surface area contributed by atoms with Gasteiger partial charge in [-0.25, -0.2) is 9.59 Å². The lowest BCUT2D eigenvalue weighted by molar-refractivity contribution is -0.366. The highest BCUT2D eigenvalue weighted by Crippen LogP contribution is 2.36. The van der Waals surface area contributed by atoms with Gasteiger partial charge in [-0.05, 0) is 38.0 Å². The number of rotatable bonds is 22. The molecule has 6 fully saturated rings. The zero-order chi connectivity index (χ0) is 67.6. The first kappa shape index (κ1) is 74.9. The van der Waals surface area contributed by atoms with Crippen molar-refractivity contribution in [2.75, 3.05) is 40.6 Å². The number of carbonyl (C=O) groups is 6. The van der Waals surface area contributed by atoms with Gasteiger partial charge in [0.25, 0.3) is 5.91 Å². The highest BCUT2D eigenvalue weighted by Gasteiger charge is 2.58. The lowest BCUT2D eigenvalue weighted by Crippen LogP contribution is -2.70. The van der Waals surface area contributed by atoms with Crippen molar-refractivity contribution in [1.29, 1.82) is 0 Å². The minimum Gasteiger partial charge on any atom is -0.508 e. The van der Waals surface area contributed by atoms with E-state index in [1.165, 1.54) is 26.0 Å². The molecule has 7 rings (SSSR count). The molecule has 1 aromatic rings. The number of nitrogens with one attached hydrogen (secondary N) is 4. The van der Waals surface area contributed by atoms with Crippen molar-refractivity contribution in [2.24, 2.45) is 0 Å². The van der Waals surface area contributed by atoms with E-state index in [0.29, 0.717) is 6.42 Å². The number of aliphatic hydroxyl groups is 12. The van der Waals surface area contributed by atoms with E-state index >= 15 is 0 Å². The van der Waals surface area contributed by atoms with Crippen LogP contribution in [0.1, 0.15) is 40.2 Å². The van der Waals surface area contributed by atoms with E-state index in [4.69, 9.17) is 56.8 Å². The second kappa shape index (κ2) is 33.3. The van der Waals surface area contributed by atoms with Crippen LogP contribution < -0.4 is 21.3 Å². The van der Waals surface area contributed by atoms with Crippen molar-refractivity contribution in [3.05, 3.63) is 29.8 Å². The standard InChI is InChI=1S/C38H57N3O22.C16H27NO11/c1-13-20(40-14(2)44)28(22(47)18(11-42)57-13)59-38-27(52)25(50)31(33(63-38)35(54)55)61-36-21(41-15(3)45)29(23(48)19(12-43)58-36)60-37-26(51)24(49)30(56-4)32(62-37)34(53)39-10-9-16-5-7-17(46)8-6-16;1-5-8(17-6(2)19)12(9(20)7(4-18)26-5)27-16-11(22)10(21)13(25-3)14(28-16)15(23)24/h5-8,13,18-33,36-38,42-43,46-52H,9-12H2,1-4H3,(H,39,53)(H,40,44)(H,41,45)(H,54,55);5,7-14,16,18,20-22H,4H2,1-3H3,(H,17,19)(H,23,24). The molecule has 0 aliphatic carbocycles. The van der Waals surface area contributed by atoms with Crippen LogP contribution in [0.25, 0.3) is 0 Å². The first-order chi connectivity index (χ1) is 42.9. The summed E-state index contributed by atoms with van der Waals surface area (Å²) in [6, 6.07) is 2.44. The summed E-state index contributed by atoms with van der Waals surface area (Å²) in [4.78, 5) is 73.7. The third-order valence-electron chi connectivity index (χ3n) is 16.0. The van der Waals surface area contributed by atoms with Crippen LogP contribution in [0.4, 0.5) is 0 Å². The molecule has 0 radical (unpaired) electrons. The van der Waals surface area contributed by atoms with E-state index in [-0.39, 0.29) is 12.3 Å². The Kier molecular flexibility index (Phi) is 27.4. The summed E-state index contributed by atoms with van der Waals surface area (Å²) in [7, 11) is 2.30. The molecular weight excluding hydrogens is 1230 g/mol. The van der Waals surface area contributed by atoms with Crippen LogP contribution in [0, 0.1) is 0 Å². The molecule has 91 heavy (non-hydrogen) atoms. The number of ether oxygens (including phenoxy) is 12. The maximum atomic E-state index is 13.4. The molecule has 30 unspecified atom stereocenters. The van der Waals surface area contributed by atoms with Gasteiger partial charge in [-0.15, -0.1) is 0 Å². The minimum atomic E-state index is -2.23. The quantitative estimate of drug-likeness (QED) is 0.0513. The van der Waals surface area contributed by atoms with Crippen LogP contribution >= 0.6 is 0 Å². The number of carboxylic acids is 2. The first-order valence-corrected chi connectivity index (χ1v) is 28.8. The Morgan fingerprint density at radius 3 is 1.16 bits per heavy atom. The Morgan fingerprint density at radius 1 is 0.440 bits per heavy atom. The number of aliphatic hydroxyl groups excluding tert-OH is 12. The monoisotopic (exact) mass is 1320 g/mol. The molecule has 518 valence electrons. The Balaban J connectivity index is 0.000000391. The van der Waals surface area contributed by atoms with Crippen LogP contribution in [-0.2, 0) is 92.0 Å². The SMILES string of the molecule is COC1C(C(=O)NCCc2ccc(O)cc2)OC(OC2C(O)C(CO)OC(OC3C(C(=O)O)OC(OC4C(O)C(CO)OC(C)C4NC(C)=O)C(O)C3O)C2NC(C)=O)C(O)C1O.COC1C(C(=O)O)OC(OC2C(O)C(CO)OC(C)C2NC(C)=O)C(O)C1O. The normalized spacial score (nSPS) is 41.7. The van der Waals surface area contributed by atoms with Gasteiger partial charge in [0.2, 0.25) is 17.7 Å².